The minimum atomic E-state index is -0.557. The molecule has 0 bridgehead atoms. The molecule has 1 rings (SSSR count). The molecule has 1 N–H and O–H groups in total. The Morgan fingerprint density at radius 2 is 2.31 bits per heavy atom. The van der Waals surface area contributed by atoms with Crippen LogP contribution in [0.1, 0.15) is 28.4 Å². The van der Waals surface area contributed by atoms with Crippen molar-refractivity contribution in [2.45, 2.75) is 18.4 Å². The smallest absolute Gasteiger partial charge is 0.338 e. The van der Waals surface area contributed by atoms with Crippen LogP contribution in [0.15, 0.2) is 17.0 Å². The van der Waals surface area contributed by atoms with Gasteiger partial charge in [-0.1, -0.05) is 0 Å². The summed E-state index contributed by atoms with van der Waals surface area (Å²) in [6, 6.07) is 4.81. The number of esters is 1. The number of carbonyl (C=O) groups excluding carboxylic acids is 1. The van der Waals surface area contributed by atoms with Crippen LogP contribution in [0, 0.1) is 11.3 Å². The minimum absolute atomic E-state index is 0.188. The first-order chi connectivity index (χ1) is 7.63. The number of rotatable bonds is 3. The summed E-state index contributed by atoms with van der Waals surface area (Å²) in [5.41, 5.74) is 0.874. The van der Waals surface area contributed by atoms with Crippen molar-refractivity contribution in [2.24, 2.45) is 0 Å². The van der Waals surface area contributed by atoms with Gasteiger partial charge in [0, 0.05) is 10.5 Å². The molecule has 0 aliphatic carbocycles. The monoisotopic (exact) mass is 237 g/mol. The molecule has 0 fully saturated rings. The molecule has 1 aromatic carbocycles. The summed E-state index contributed by atoms with van der Waals surface area (Å²) < 4.78 is 4.83. The number of nitrogens with zero attached hydrogens (tertiary/aromatic N) is 1. The zero-order chi connectivity index (χ0) is 12.1. The van der Waals surface area contributed by atoms with E-state index in [0.29, 0.717) is 16.0 Å². The molecule has 0 saturated carbocycles. The van der Waals surface area contributed by atoms with Crippen molar-refractivity contribution in [1.82, 2.24) is 0 Å². The summed E-state index contributed by atoms with van der Waals surface area (Å²) in [6.07, 6.45) is 0. The van der Waals surface area contributed by atoms with E-state index in [0.717, 1.165) is 0 Å². The predicted octanol–water partition coefficient (Wildman–Crippen LogP) is 1.52. The van der Waals surface area contributed by atoms with Crippen LogP contribution in [0.2, 0.25) is 0 Å². The minimum Gasteiger partial charge on any atom is -0.462 e. The van der Waals surface area contributed by atoms with E-state index >= 15 is 0 Å². The standard InChI is InChI=1S/C11H11NO3S/c1-2-15-11(14)8-3-7(5-12)4-10(16)9(8)6-13/h3-4,13,16H,2,6H2,1H3. The topological polar surface area (TPSA) is 70.3 Å². The first kappa shape index (κ1) is 12.6. The van der Waals surface area contributed by atoms with E-state index in [1.807, 2.05) is 6.07 Å². The Labute approximate surface area is 98.9 Å². The molecule has 1 aromatic rings. The van der Waals surface area contributed by atoms with Crippen LogP contribution in [-0.2, 0) is 11.3 Å². The van der Waals surface area contributed by atoms with Crippen LogP contribution in [0.3, 0.4) is 0 Å². The summed E-state index contributed by atoms with van der Waals surface area (Å²) >= 11 is 4.12. The van der Waals surface area contributed by atoms with Crippen molar-refractivity contribution >= 4 is 18.6 Å². The van der Waals surface area contributed by atoms with Crippen LogP contribution < -0.4 is 0 Å². The van der Waals surface area contributed by atoms with Gasteiger partial charge in [0.2, 0.25) is 0 Å². The molecule has 4 nitrogen and oxygen atoms in total. The second-order valence-electron chi connectivity index (χ2n) is 3.01. The first-order valence-electron chi connectivity index (χ1n) is 4.68. The van der Waals surface area contributed by atoms with Crippen LogP contribution in [0.5, 0.6) is 0 Å². The number of ether oxygens (including phenoxy) is 1. The Bertz CT molecular complexity index is 451. The van der Waals surface area contributed by atoms with Crippen molar-refractivity contribution in [3.63, 3.8) is 0 Å². The number of aliphatic hydroxyl groups is 1. The Balaban J connectivity index is 3.29. The van der Waals surface area contributed by atoms with Crippen molar-refractivity contribution in [2.75, 3.05) is 6.61 Å². The molecule has 0 aromatic heterocycles. The number of carbonyl (C=O) groups is 1. The predicted molar refractivity (Wildman–Crippen MR) is 60.3 cm³/mol. The second-order valence-corrected chi connectivity index (χ2v) is 3.49. The molecule has 0 heterocycles. The summed E-state index contributed by atoms with van der Waals surface area (Å²) in [5, 5.41) is 17.9. The summed E-state index contributed by atoms with van der Waals surface area (Å²) in [7, 11) is 0. The molecule has 0 aliphatic heterocycles. The van der Waals surface area contributed by atoms with Gasteiger partial charge >= 0.3 is 5.97 Å². The van der Waals surface area contributed by atoms with Gasteiger partial charge in [0.15, 0.2) is 0 Å². The summed E-state index contributed by atoms with van der Waals surface area (Å²) in [4.78, 5) is 12.0. The lowest BCUT2D eigenvalue weighted by molar-refractivity contribution is 0.0522. The fraction of sp³-hybridized carbons (Fsp3) is 0.273. The average molecular weight is 237 g/mol. The van der Waals surface area contributed by atoms with Gasteiger partial charge in [-0.05, 0) is 19.1 Å². The van der Waals surface area contributed by atoms with E-state index in [2.05, 4.69) is 12.6 Å². The third kappa shape index (κ3) is 2.54. The fourth-order valence-corrected chi connectivity index (χ4v) is 1.61. The SMILES string of the molecule is CCOC(=O)c1cc(C#N)cc(S)c1CO. The third-order valence-corrected chi connectivity index (χ3v) is 2.41. The number of hydrogen-bond donors (Lipinski definition) is 2. The molecule has 0 saturated heterocycles. The summed E-state index contributed by atoms with van der Waals surface area (Å²) in [5.74, 6) is -0.557. The highest BCUT2D eigenvalue weighted by Gasteiger charge is 2.15. The van der Waals surface area contributed by atoms with E-state index in [9.17, 15) is 4.79 Å². The van der Waals surface area contributed by atoms with Gasteiger partial charge in [0.05, 0.1) is 30.4 Å². The van der Waals surface area contributed by atoms with Gasteiger partial charge < -0.3 is 9.84 Å². The van der Waals surface area contributed by atoms with E-state index in [-0.39, 0.29) is 18.8 Å². The molecular formula is C11H11NO3S. The summed E-state index contributed by atoms with van der Waals surface area (Å²) in [6.45, 7) is 1.60. The van der Waals surface area contributed by atoms with Crippen molar-refractivity contribution in [3.05, 3.63) is 28.8 Å². The molecular weight excluding hydrogens is 226 g/mol. The molecule has 5 heteroatoms. The normalized spacial score (nSPS) is 9.62. The largest absolute Gasteiger partial charge is 0.462 e. The number of aliphatic hydroxyl groups excluding tert-OH is 1. The maximum Gasteiger partial charge on any atom is 0.338 e. The second kappa shape index (κ2) is 5.54. The number of benzene rings is 1. The van der Waals surface area contributed by atoms with Gasteiger partial charge in [0.25, 0.3) is 0 Å². The molecule has 0 radical (unpaired) electrons. The van der Waals surface area contributed by atoms with Crippen molar-refractivity contribution in [3.8, 4) is 6.07 Å². The van der Waals surface area contributed by atoms with Gasteiger partial charge in [-0.15, -0.1) is 12.6 Å². The van der Waals surface area contributed by atoms with Gasteiger partial charge in [0.1, 0.15) is 0 Å². The van der Waals surface area contributed by atoms with Crippen molar-refractivity contribution < 1.29 is 14.6 Å². The van der Waals surface area contributed by atoms with E-state index < -0.39 is 5.97 Å². The van der Waals surface area contributed by atoms with E-state index in [1.165, 1.54) is 12.1 Å². The maximum absolute atomic E-state index is 11.6. The molecule has 0 aliphatic rings. The Morgan fingerprint density at radius 1 is 1.62 bits per heavy atom. The van der Waals surface area contributed by atoms with Gasteiger partial charge in [-0.3, -0.25) is 0 Å². The fourth-order valence-electron chi connectivity index (χ4n) is 1.28. The zero-order valence-corrected chi connectivity index (χ0v) is 9.62. The van der Waals surface area contributed by atoms with Crippen LogP contribution >= 0.6 is 12.6 Å². The highest BCUT2D eigenvalue weighted by atomic mass is 32.1. The maximum atomic E-state index is 11.6. The van der Waals surface area contributed by atoms with E-state index in [4.69, 9.17) is 15.1 Å². The average Bonchev–Trinajstić information content (AvgIpc) is 2.28. The highest BCUT2D eigenvalue weighted by molar-refractivity contribution is 7.80. The number of thiol groups is 1. The molecule has 0 unspecified atom stereocenters. The molecule has 16 heavy (non-hydrogen) atoms. The van der Waals surface area contributed by atoms with Gasteiger partial charge in [-0.25, -0.2) is 4.79 Å². The number of nitriles is 1. The quantitative estimate of drug-likeness (QED) is 0.617. The van der Waals surface area contributed by atoms with E-state index in [1.54, 1.807) is 6.92 Å². The van der Waals surface area contributed by atoms with Crippen LogP contribution in [-0.4, -0.2) is 17.7 Å². The number of hydrogen-bond acceptors (Lipinski definition) is 5. The van der Waals surface area contributed by atoms with Crippen LogP contribution in [0.25, 0.3) is 0 Å². The Morgan fingerprint density at radius 3 is 2.81 bits per heavy atom. The Kier molecular flexibility index (Phi) is 4.35. The third-order valence-electron chi connectivity index (χ3n) is 2.01. The Hall–Kier alpha value is -1.51. The van der Waals surface area contributed by atoms with Crippen LogP contribution in [0.4, 0.5) is 0 Å². The lowest BCUT2D eigenvalue weighted by atomic mass is 10.0. The first-order valence-corrected chi connectivity index (χ1v) is 5.12. The van der Waals surface area contributed by atoms with Gasteiger partial charge in [-0.2, -0.15) is 5.26 Å². The molecule has 0 atom stereocenters. The lowest BCUT2D eigenvalue weighted by Gasteiger charge is -2.09. The molecule has 84 valence electrons. The molecule has 0 spiro atoms. The van der Waals surface area contributed by atoms with Crippen molar-refractivity contribution in [1.29, 1.82) is 5.26 Å². The highest BCUT2D eigenvalue weighted by Crippen LogP contribution is 2.21. The zero-order valence-electron chi connectivity index (χ0n) is 8.73. The molecule has 0 amide bonds. The lowest BCUT2D eigenvalue weighted by Crippen LogP contribution is -2.09.